The highest BCUT2D eigenvalue weighted by Gasteiger charge is 2.43. The third-order valence-corrected chi connectivity index (χ3v) is 9.88. The molecule has 222 valence electrons. The van der Waals surface area contributed by atoms with Gasteiger partial charge in [0.2, 0.25) is 0 Å². The molecule has 2 aromatic rings. The van der Waals surface area contributed by atoms with Crippen molar-refractivity contribution in [3.05, 3.63) is 53.1 Å². The zero-order valence-electron chi connectivity index (χ0n) is 27.1. The summed E-state index contributed by atoms with van der Waals surface area (Å²) < 4.78 is 6.34. The van der Waals surface area contributed by atoms with Gasteiger partial charge < -0.3 is 9.76 Å². The van der Waals surface area contributed by atoms with Crippen LogP contribution in [0, 0.1) is 0 Å². The minimum Gasteiger partial charge on any atom is -0.427 e. The largest absolute Gasteiger partial charge is 0.427 e. The van der Waals surface area contributed by atoms with Gasteiger partial charge in [0.15, 0.2) is 0 Å². The summed E-state index contributed by atoms with van der Waals surface area (Å²) in [5.74, 6) is 0. The van der Waals surface area contributed by atoms with Gasteiger partial charge >= 0.3 is 7.48 Å². The monoisotopic (exact) mass is 546 g/mol. The highest BCUT2D eigenvalue weighted by atomic mass is 16.5. The number of rotatable bonds is 19. The van der Waals surface area contributed by atoms with Crippen molar-refractivity contribution >= 4 is 12.9 Å². The molecular formula is C37H59BO2. The topological polar surface area (TPSA) is 29.5 Å². The average molecular weight is 547 g/mol. The molecule has 0 aliphatic heterocycles. The van der Waals surface area contributed by atoms with Crippen LogP contribution < -0.4 is 5.46 Å². The molecule has 0 radical (unpaired) electrons. The summed E-state index contributed by atoms with van der Waals surface area (Å²) in [4.78, 5) is 0. The van der Waals surface area contributed by atoms with Crippen molar-refractivity contribution in [2.24, 2.45) is 0 Å². The SMILES string of the molecule is CCCCCCCCC1(CCCCCCCC)c2cc(BOC(C)(C)C(C)(C)O)ccc2-c2ccc(CC)cc21. The van der Waals surface area contributed by atoms with E-state index in [2.05, 4.69) is 57.2 Å². The van der Waals surface area contributed by atoms with Crippen molar-refractivity contribution in [3.63, 3.8) is 0 Å². The second-order valence-electron chi connectivity index (χ2n) is 13.6. The van der Waals surface area contributed by atoms with Crippen LogP contribution in [-0.2, 0) is 16.5 Å². The summed E-state index contributed by atoms with van der Waals surface area (Å²) in [5, 5.41) is 10.7. The fourth-order valence-corrected chi connectivity index (χ4v) is 6.42. The van der Waals surface area contributed by atoms with E-state index in [1.807, 2.05) is 27.7 Å². The summed E-state index contributed by atoms with van der Waals surface area (Å²) in [7, 11) is 0.519. The zero-order chi connectivity index (χ0) is 29.2. The van der Waals surface area contributed by atoms with E-state index in [4.69, 9.17) is 4.65 Å². The van der Waals surface area contributed by atoms with Crippen molar-refractivity contribution < 1.29 is 9.76 Å². The first kappa shape index (κ1) is 32.9. The maximum Gasteiger partial charge on any atom is 0.309 e. The van der Waals surface area contributed by atoms with Crippen LogP contribution in [-0.4, -0.2) is 23.8 Å². The Bertz CT molecular complexity index is 1030. The van der Waals surface area contributed by atoms with Crippen LogP contribution in [0.4, 0.5) is 0 Å². The van der Waals surface area contributed by atoms with Crippen molar-refractivity contribution in [1.29, 1.82) is 0 Å². The molecule has 2 nitrogen and oxygen atoms in total. The molecule has 0 amide bonds. The Labute approximate surface area is 248 Å². The van der Waals surface area contributed by atoms with E-state index in [0.717, 1.165) is 6.42 Å². The number of hydrogen-bond donors (Lipinski definition) is 1. The van der Waals surface area contributed by atoms with E-state index < -0.39 is 11.2 Å². The summed E-state index contributed by atoms with van der Waals surface area (Å²) in [6.07, 6.45) is 19.6. The van der Waals surface area contributed by atoms with Crippen LogP contribution in [0.2, 0.25) is 0 Å². The van der Waals surface area contributed by atoms with Crippen LogP contribution >= 0.6 is 0 Å². The van der Waals surface area contributed by atoms with Gasteiger partial charge in [0, 0.05) is 5.41 Å². The number of hydrogen-bond acceptors (Lipinski definition) is 2. The molecule has 3 rings (SSSR count). The van der Waals surface area contributed by atoms with Crippen LogP contribution in [0.1, 0.15) is 155 Å². The molecule has 2 aromatic carbocycles. The Morgan fingerprint density at radius 1 is 0.675 bits per heavy atom. The van der Waals surface area contributed by atoms with Crippen LogP contribution in [0.3, 0.4) is 0 Å². The molecule has 40 heavy (non-hydrogen) atoms. The zero-order valence-corrected chi connectivity index (χ0v) is 27.1. The minimum absolute atomic E-state index is 0.0904. The van der Waals surface area contributed by atoms with Gasteiger partial charge in [-0.05, 0) is 74.8 Å². The van der Waals surface area contributed by atoms with Crippen molar-refractivity contribution in [2.45, 2.75) is 161 Å². The fourth-order valence-electron chi connectivity index (χ4n) is 6.42. The van der Waals surface area contributed by atoms with E-state index in [1.54, 1.807) is 5.56 Å². The highest BCUT2D eigenvalue weighted by Crippen LogP contribution is 2.54. The molecule has 0 saturated carbocycles. The lowest BCUT2D eigenvalue weighted by molar-refractivity contribution is -0.0893. The Kier molecular flexibility index (Phi) is 12.4. The third-order valence-electron chi connectivity index (χ3n) is 9.88. The molecule has 0 spiro atoms. The van der Waals surface area contributed by atoms with E-state index >= 15 is 0 Å². The summed E-state index contributed by atoms with van der Waals surface area (Å²) in [5.41, 5.74) is 7.22. The molecular weight excluding hydrogens is 487 g/mol. The summed E-state index contributed by atoms with van der Waals surface area (Å²) in [6, 6.07) is 14.4. The molecule has 1 aliphatic carbocycles. The molecule has 0 saturated heterocycles. The van der Waals surface area contributed by atoms with E-state index in [0.29, 0.717) is 7.48 Å². The van der Waals surface area contributed by atoms with Crippen LogP contribution in [0.15, 0.2) is 36.4 Å². The molecule has 1 aliphatic rings. The van der Waals surface area contributed by atoms with Gasteiger partial charge in [-0.1, -0.05) is 140 Å². The van der Waals surface area contributed by atoms with Gasteiger partial charge in [0.05, 0.1) is 11.2 Å². The second kappa shape index (κ2) is 15.1. The number of unbranched alkanes of at least 4 members (excludes halogenated alkanes) is 10. The molecule has 0 bridgehead atoms. The quantitative estimate of drug-likeness (QED) is 0.140. The standard InChI is InChI=1S/C37H59BO2/c1-8-11-13-15-17-19-25-37(26-20-18-16-14-12-9-2)33-27-29(10-3)21-23-31(33)32-24-22-30(28-34(32)37)38-40-36(6,7)35(4,5)39/h21-24,27-28,38-39H,8-20,25-26H2,1-7H3. The third kappa shape index (κ3) is 8.04. The normalized spacial score (nSPS) is 14.3. The van der Waals surface area contributed by atoms with Crippen LogP contribution in [0.25, 0.3) is 11.1 Å². The predicted molar refractivity (Wildman–Crippen MR) is 176 cm³/mol. The first-order valence-corrected chi connectivity index (χ1v) is 16.7. The van der Waals surface area contributed by atoms with Crippen LogP contribution in [0.5, 0.6) is 0 Å². The van der Waals surface area contributed by atoms with Gasteiger partial charge in [-0.15, -0.1) is 0 Å². The Hall–Kier alpha value is -1.58. The molecule has 0 heterocycles. The van der Waals surface area contributed by atoms with Gasteiger partial charge in [-0.3, -0.25) is 0 Å². The summed E-state index contributed by atoms with van der Waals surface area (Å²) >= 11 is 0. The lowest BCUT2D eigenvalue weighted by Gasteiger charge is -2.37. The Balaban J connectivity index is 1.96. The van der Waals surface area contributed by atoms with Gasteiger partial charge in [-0.2, -0.15) is 0 Å². The Morgan fingerprint density at radius 3 is 1.70 bits per heavy atom. The molecule has 0 fully saturated rings. The van der Waals surface area contributed by atoms with E-state index in [9.17, 15) is 5.11 Å². The maximum absolute atomic E-state index is 10.7. The van der Waals surface area contributed by atoms with Crippen molar-refractivity contribution in [2.75, 3.05) is 0 Å². The average Bonchev–Trinajstić information content (AvgIpc) is 3.19. The molecule has 0 atom stereocenters. The molecule has 1 N–H and O–H groups in total. The predicted octanol–water partition coefficient (Wildman–Crippen LogP) is 9.56. The fraction of sp³-hybridized carbons (Fsp3) is 0.676. The van der Waals surface area contributed by atoms with Gasteiger partial charge in [0.1, 0.15) is 0 Å². The number of fused-ring (bicyclic) bond motifs is 3. The van der Waals surface area contributed by atoms with Crippen molar-refractivity contribution in [1.82, 2.24) is 0 Å². The number of aliphatic hydroxyl groups is 1. The molecule has 0 aromatic heterocycles. The van der Waals surface area contributed by atoms with Gasteiger partial charge in [-0.25, -0.2) is 0 Å². The second-order valence-corrected chi connectivity index (χ2v) is 13.6. The molecule has 3 heteroatoms. The van der Waals surface area contributed by atoms with E-state index in [1.165, 1.54) is 118 Å². The smallest absolute Gasteiger partial charge is 0.309 e. The highest BCUT2D eigenvalue weighted by molar-refractivity contribution is 6.47. The van der Waals surface area contributed by atoms with Gasteiger partial charge in [0.25, 0.3) is 0 Å². The lowest BCUT2D eigenvalue weighted by Crippen LogP contribution is -2.49. The van der Waals surface area contributed by atoms with Crippen molar-refractivity contribution in [3.8, 4) is 11.1 Å². The first-order chi connectivity index (χ1) is 19.1. The molecule has 0 unspecified atom stereocenters. The number of aryl methyl sites for hydroxylation is 1. The first-order valence-electron chi connectivity index (χ1n) is 16.7. The number of benzene rings is 2. The maximum atomic E-state index is 10.7. The van der Waals surface area contributed by atoms with E-state index in [-0.39, 0.29) is 5.41 Å². The lowest BCUT2D eigenvalue weighted by atomic mass is 9.69. The Morgan fingerprint density at radius 2 is 1.18 bits per heavy atom. The minimum atomic E-state index is -0.907. The summed E-state index contributed by atoms with van der Waals surface area (Å²) in [6.45, 7) is 14.5.